The molecule has 3 rings (SSSR count). The molecule has 0 unspecified atom stereocenters. The second-order valence-electron chi connectivity index (χ2n) is 6.43. The number of rotatable bonds is 8. The molecule has 3 aromatic rings. The van der Waals surface area contributed by atoms with Crippen LogP contribution in [0, 0.1) is 0 Å². The van der Waals surface area contributed by atoms with Crippen LogP contribution in [0.5, 0.6) is 17.2 Å². The van der Waals surface area contributed by atoms with Gasteiger partial charge in [0.15, 0.2) is 0 Å². The molecule has 0 saturated heterocycles. The SMILES string of the molecule is CCOc1ccc(C(=O)Oc2ccc(Br)cc2/C=N/NC(=O)c2ccccc2OC)cc1. The van der Waals surface area contributed by atoms with Crippen molar-refractivity contribution in [3.8, 4) is 17.2 Å². The van der Waals surface area contributed by atoms with Crippen molar-refractivity contribution in [3.05, 3.63) is 87.9 Å². The standard InChI is InChI=1S/C24H21BrN2O5/c1-3-31-19-11-8-16(9-12-19)24(29)32-21-13-10-18(25)14-17(21)15-26-27-23(28)20-6-4-5-7-22(20)30-2/h4-15H,3H2,1-2H3,(H,27,28)/b26-15+. The van der Waals surface area contributed by atoms with Crippen LogP contribution in [-0.2, 0) is 0 Å². The molecule has 0 heterocycles. The Hall–Kier alpha value is -3.65. The molecule has 0 fully saturated rings. The van der Waals surface area contributed by atoms with Crippen LogP contribution < -0.4 is 19.6 Å². The van der Waals surface area contributed by atoms with Crippen LogP contribution in [0.2, 0.25) is 0 Å². The molecule has 164 valence electrons. The first-order valence-corrected chi connectivity index (χ1v) is 10.5. The van der Waals surface area contributed by atoms with Crippen molar-refractivity contribution >= 4 is 34.0 Å². The van der Waals surface area contributed by atoms with Crippen LogP contribution in [0.15, 0.2) is 76.3 Å². The maximum absolute atomic E-state index is 12.6. The summed E-state index contributed by atoms with van der Waals surface area (Å²) < 4.78 is 16.9. The maximum atomic E-state index is 12.6. The topological polar surface area (TPSA) is 86.2 Å². The highest BCUT2D eigenvalue weighted by Gasteiger charge is 2.13. The third-order valence-corrected chi connectivity index (χ3v) is 4.79. The van der Waals surface area contributed by atoms with E-state index in [4.69, 9.17) is 14.2 Å². The Morgan fingerprint density at radius 2 is 1.78 bits per heavy atom. The van der Waals surface area contributed by atoms with Gasteiger partial charge in [-0.25, -0.2) is 10.2 Å². The fourth-order valence-electron chi connectivity index (χ4n) is 2.78. The Bertz CT molecular complexity index is 1130. The number of hydrogen-bond donors (Lipinski definition) is 1. The van der Waals surface area contributed by atoms with Crippen LogP contribution in [0.1, 0.15) is 33.2 Å². The minimum atomic E-state index is -0.525. The zero-order valence-electron chi connectivity index (χ0n) is 17.5. The molecule has 1 N–H and O–H groups in total. The summed E-state index contributed by atoms with van der Waals surface area (Å²) in [5.74, 6) is 0.450. The Morgan fingerprint density at radius 3 is 2.50 bits per heavy atom. The van der Waals surface area contributed by atoms with E-state index >= 15 is 0 Å². The second kappa shape index (κ2) is 11.1. The molecule has 8 heteroatoms. The summed E-state index contributed by atoms with van der Waals surface area (Å²) in [6.45, 7) is 2.43. The summed E-state index contributed by atoms with van der Waals surface area (Å²) in [6, 6.07) is 18.6. The lowest BCUT2D eigenvalue weighted by Gasteiger charge is -2.09. The summed E-state index contributed by atoms with van der Waals surface area (Å²) >= 11 is 3.39. The zero-order valence-corrected chi connectivity index (χ0v) is 19.1. The van der Waals surface area contributed by atoms with Gasteiger partial charge >= 0.3 is 5.97 Å². The molecule has 0 radical (unpaired) electrons. The van der Waals surface area contributed by atoms with Gasteiger partial charge in [0.2, 0.25) is 0 Å². The summed E-state index contributed by atoms with van der Waals surface area (Å²) in [5.41, 5.74) is 3.68. The molecule has 0 aliphatic carbocycles. The van der Waals surface area contributed by atoms with Gasteiger partial charge in [0, 0.05) is 10.0 Å². The van der Waals surface area contributed by atoms with Crippen LogP contribution in [0.25, 0.3) is 0 Å². The number of carbonyl (C=O) groups excluding carboxylic acids is 2. The number of methoxy groups -OCH3 is 1. The van der Waals surface area contributed by atoms with Gasteiger partial charge in [0.05, 0.1) is 31.1 Å². The number of esters is 1. The first-order valence-electron chi connectivity index (χ1n) is 9.72. The van der Waals surface area contributed by atoms with E-state index in [9.17, 15) is 9.59 Å². The highest BCUT2D eigenvalue weighted by atomic mass is 79.9. The molecule has 0 aliphatic heterocycles. The minimum Gasteiger partial charge on any atom is -0.496 e. The lowest BCUT2D eigenvalue weighted by molar-refractivity contribution is 0.0734. The van der Waals surface area contributed by atoms with E-state index in [2.05, 4.69) is 26.5 Å². The van der Waals surface area contributed by atoms with Crippen LogP contribution >= 0.6 is 15.9 Å². The second-order valence-corrected chi connectivity index (χ2v) is 7.34. The molecule has 0 aliphatic rings. The fourth-order valence-corrected chi connectivity index (χ4v) is 3.16. The van der Waals surface area contributed by atoms with Crippen molar-refractivity contribution in [1.82, 2.24) is 5.43 Å². The van der Waals surface area contributed by atoms with E-state index in [0.717, 1.165) is 4.47 Å². The number of nitrogens with zero attached hydrogens (tertiary/aromatic N) is 1. The third-order valence-electron chi connectivity index (χ3n) is 4.30. The van der Waals surface area contributed by atoms with Gasteiger partial charge in [-0.05, 0) is 61.5 Å². The quantitative estimate of drug-likeness (QED) is 0.208. The first-order chi connectivity index (χ1) is 15.5. The molecule has 32 heavy (non-hydrogen) atoms. The van der Waals surface area contributed by atoms with Gasteiger partial charge in [0.25, 0.3) is 5.91 Å². The number of para-hydroxylation sites is 1. The van der Waals surface area contributed by atoms with Crippen molar-refractivity contribution < 1.29 is 23.8 Å². The van der Waals surface area contributed by atoms with Gasteiger partial charge in [-0.3, -0.25) is 4.79 Å². The lowest BCUT2D eigenvalue weighted by atomic mass is 10.2. The summed E-state index contributed by atoms with van der Waals surface area (Å²) in [7, 11) is 1.49. The monoisotopic (exact) mass is 496 g/mol. The highest BCUT2D eigenvalue weighted by Crippen LogP contribution is 2.23. The lowest BCUT2D eigenvalue weighted by Crippen LogP contribution is -2.18. The Labute approximate surface area is 194 Å². The fraction of sp³-hybridized carbons (Fsp3) is 0.125. The van der Waals surface area contributed by atoms with Crippen LogP contribution in [0.4, 0.5) is 0 Å². The average molecular weight is 497 g/mol. The summed E-state index contributed by atoms with van der Waals surface area (Å²) in [4.78, 5) is 24.9. The van der Waals surface area contributed by atoms with Gasteiger partial charge in [0.1, 0.15) is 17.2 Å². The van der Waals surface area contributed by atoms with Crippen LogP contribution in [0.3, 0.4) is 0 Å². The molecule has 0 aromatic heterocycles. The zero-order chi connectivity index (χ0) is 22.9. The van der Waals surface area contributed by atoms with Crippen molar-refractivity contribution in [2.45, 2.75) is 6.92 Å². The van der Waals surface area contributed by atoms with E-state index in [-0.39, 0.29) is 0 Å². The van der Waals surface area contributed by atoms with Gasteiger partial charge in [-0.15, -0.1) is 0 Å². The molecule has 3 aromatic carbocycles. The minimum absolute atomic E-state index is 0.294. The molecule has 0 bridgehead atoms. The van der Waals surface area contributed by atoms with E-state index in [1.807, 2.05) is 6.92 Å². The summed E-state index contributed by atoms with van der Waals surface area (Å²) in [6.07, 6.45) is 1.40. The van der Waals surface area contributed by atoms with E-state index < -0.39 is 11.9 Å². The largest absolute Gasteiger partial charge is 0.496 e. The smallest absolute Gasteiger partial charge is 0.343 e. The molecule has 0 spiro atoms. The predicted octanol–water partition coefficient (Wildman–Crippen LogP) is 4.84. The molecule has 0 atom stereocenters. The van der Waals surface area contributed by atoms with Crippen molar-refractivity contribution in [2.24, 2.45) is 5.10 Å². The van der Waals surface area contributed by atoms with Crippen LogP contribution in [-0.4, -0.2) is 31.8 Å². The van der Waals surface area contributed by atoms with E-state index in [1.54, 1.807) is 66.7 Å². The maximum Gasteiger partial charge on any atom is 0.343 e. The number of ether oxygens (including phenoxy) is 3. The average Bonchev–Trinajstić information content (AvgIpc) is 2.81. The van der Waals surface area contributed by atoms with Crippen molar-refractivity contribution in [1.29, 1.82) is 0 Å². The van der Waals surface area contributed by atoms with E-state index in [1.165, 1.54) is 13.3 Å². The Morgan fingerprint density at radius 1 is 1.03 bits per heavy atom. The molecular weight excluding hydrogens is 476 g/mol. The summed E-state index contributed by atoms with van der Waals surface area (Å²) in [5, 5.41) is 4.00. The number of hydrazone groups is 1. The highest BCUT2D eigenvalue weighted by molar-refractivity contribution is 9.10. The van der Waals surface area contributed by atoms with Gasteiger partial charge in [-0.1, -0.05) is 28.1 Å². The number of nitrogens with one attached hydrogen (secondary N) is 1. The molecular formula is C24H21BrN2O5. The Kier molecular flexibility index (Phi) is 7.99. The Balaban J connectivity index is 1.73. The van der Waals surface area contributed by atoms with Gasteiger partial charge < -0.3 is 14.2 Å². The normalized spacial score (nSPS) is 10.6. The van der Waals surface area contributed by atoms with Gasteiger partial charge in [-0.2, -0.15) is 5.10 Å². The first kappa shape index (κ1) is 23.0. The number of carbonyl (C=O) groups is 2. The van der Waals surface area contributed by atoms with E-state index in [0.29, 0.717) is 40.5 Å². The molecule has 7 nitrogen and oxygen atoms in total. The number of amides is 1. The van der Waals surface area contributed by atoms with Crippen molar-refractivity contribution in [2.75, 3.05) is 13.7 Å². The predicted molar refractivity (Wildman–Crippen MR) is 125 cm³/mol. The number of hydrogen-bond acceptors (Lipinski definition) is 6. The molecule has 0 saturated carbocycles. The number of benzene rings is 3. The van der Waals surface area contributed by atoms with Crippen molar-refractivity contribution in [3.63, 3.8) is 0 Å². The molecule has 1 amide bonds. The third kappa shape index (κ3) is 5.95. The number of halogens is 1.